The summed E-state index contributed by atoms with van der Waals surface area (Å²) in [5, 5.41) is 0. The number of rotatable bonds is 4. The molecular formula is C19H34N4O2. The summed E-state index contributed by atoms with van der Waals surface area (Å²) >= 11 is 0. The lowest BCUT2D eigenvalue weighted by Crippen LogP contribution is -2.51. The van der Waals surface area contributed by atoms with Crippen LogP contribution < -0.4 is 0 Å². The van der Waals surface area contributed by atoms with Gasteiger partial charge in [-0.25, -0.2) is 0 Å². The lowest BCUT2D eigenvalue weighted by Gasteiger charge is -2.39. The van der Waals surface area contributed by atoms with Crippen LogP contribution >= 0.6 is 0 Å². The van der Waals surface area contributed by atoms with E-state index < -0.39 is 0 Å². The van der Waals surface area contributed by atoms with E-state index in [1.165, 1.54) is 0 Å². The molecule has 6 heteroatoms. The van der Waals surface area contributed by atoms with Gasteiger partial charge in [-0.3, -0.25) is 14.5 Å². The predicted molar refractivity (Wildman–Crippen MR) is 98.3 cm³/mol. The quantitative estimate of drug-likeness (QED) is 0.755. The van der Waals surface area contributed by atoms with E-state index in [2.05, 4.69) is 23.8 Å². The summed E-state index contributed by atoms with van der Waals surface area (Å²) < 4.78 is 0. The van der Waals surface area contributed by atoms with E-state index in [9.17, 15) is 9.59 Å². The topological polar surface area (TPSA) is 47.1 Å². The van der Waals surface area contributed by atoms with Crippen molar-refractivity contribution in [2.45, 2.75) is 39.0 Å². The van der Waals surface area contributed by atoms with E-state index in [-0.39, 0.29) is 11.3 Å². The van der Waals surface area contributed by atoms with Crippen LogP contribution in [0.2, 0.25) is 0 Å². The Morgan fingerprint density at radius 3 is 2.68 bits per heavy atom. The van der Waals surface area contributed by atoms with Crippen molar-refractivity contribution in [3.05, 3.63) is 0 Å². The molecule has 1 atom stereocenters. The minimum absolute atomic E-state index is 0.210. The van der Waals surface area contributed by atoms with Gasteiger partial charge in [0.25, 0.3) is 0 Å². The number of piperidine rings is 1. The van der Waals surface area contributed by atoms with Crippen molar-refractivity contribution in [3.8, 4) is 0 Å². The molecule has 0 aromatic heterocycles. The van der Waals surface area contributed by atoms with Crippen molar-refractivity contribution in [2.24, 2.45) is 5.41 Å². The van der Waals surface area contributed by atoms with Crippen LogP contribution in [0.1, 0.15) is 39.0 Å². The van der Waals surface area contributed by atoms with E-state index in [1.807, 2.05) is 9.80 Å². The molecule has 1 spiro atoms. The number of carbonyl (C=O) groups is 2. The molecule has 0 N–H and O–H groups in total. The average molecular weight is 351 g/mol. The number of nitrogens with zero attached hydrogens (tertiary/aromatic N) is 4. The van der Waals surface area contributed by atoms with Gasteiger partial charge in [0, 0.05) is 39.3 Å². The van der Waals surface area contributed by atoms with Crippen LogP contribution in [0.25, 0.3) is 0 Å². The molecule has 3 rings (SSSR count). The second kappa shape index (κ2) is 8.04. The Bertz CT molecular complexity index is 496. The maximum absolute atomic E-state index is 13.0. The van der Waals surface area contributed by atoms with E-state index in [4.69, 9.17) is 0 Å². The summed E-state index contributed by atoms with van der Waals surface area (Å²) in [6, 6.07) is 0. The highest BCUT2D eigenvalue weighted by molar-refractivity contribution is 5.86. The third-order valence-electron chi connectivity index (χ3n) is 6.20. The highest BCUT2D eigenvalue weighted by Crippen LogP contribution is 2.40. The Balaban J connectivity index is 1.56. The zero-order valence-corrected chi connectivity index (χ0v) is 16.0. The molecule has 3 fully saturated rings. The lowest BCUT2D eigenvalue weighted by molar-refractivity contribution is -0.146. The zero-order chi connectivity index (χ0) is 17.9. The number of hydrogen-bond acceptors (Lipinski definition) is 4. The standard InChI is InChI=1S/C19H34N4O2/c1-3-8-22-11-4-6-19(18(22)25)7-12-23(16-19)17(24)15-21-10-5-9-20(2)13-14-21/h3-16H2,1-2H3/t19-/m0/s1. The summed E-state index contributed by atoms with van der Waals surface area (Å²) in [7, 11) is 2.15. The first-order valence-corrected chi connectivity index (χ1v) is 10.0. The normalized spacial score (nSPS) is 29.4. The van der Waals surface area contributed by atoms with Crippen molar-refractivity contribution in [3.63, 3.8) is 0 Å². The van der Waals surface area contributed by atoms with Gasteiger partial charge in [-0.2, -0.15) is 0 Å². The van der Waals surface area contributed by atoms with Crippen molar-refractivity contribution in [1.29, 1.82) is 0 Å². The summed E-state index contributed by atoms with van der Waals surface area (Å²) in [5.41, 5.74) is -0.290. The smallest absolute Gasteiger partial charge is 0.236 e. The number of amides is 2. The molecule has 0 aromatic rings. The van der Waals surface area contributed by atoms with Crippen molar-refractivity contribution in [1.82, 2.24) is 19.6 Å². The molecule has 2 amide bonds. The monoisotopic (exact) mass is 350 g/mol. The molecule has 0 aliphatic carbocycles. The lowest BCUT2D eigenvalue weighted by atomic mass is 9.78. The molecule has 0 unspecified atom stereocenters. The zero-order valence-electron chi connectivity index (χ0n) is 16.0. The van der Waals surface area contributed by atoms with Gasteiger partial charge in [-0.1, -0.05) is 6.92 Å². The summed E-state index contributed by atoms with van der Waals surface area (Å²) in [6.07, 6.45) is 5.00. The molecule has 0 radical (unpaired) electrons. The molecule has 142 valence electrons. The molecule has 0 saturated carbocycles. The predicted octanol–water partition coefficient (Wildman–Crippen LogP) is 0.875. The number of hydrogen-bond donors (Lipinski definition) is 0. The SMILES string of the molecule is CCCN1CCC[C@@]2(CCN(C(=O)CN3CCCN(C)CC3)C2)C1=O. The molecule has 3 saturated heterocycles. The second-order valence-electron chi connectivity index (χ2n) is 8.17. The highest BCUT2D eigenvalue weighted by Gasteiger charge is 2.49. The second-order valence-corrected chi connectivity index (χ2v) is 8.17. The van der Waals surface area contributed by atoms with Crippen LogP contribution in [0.15, 0.2) is 0 Å². The van der Waals surface area contributed by atoms with Crippen molar-refractivity contribution >= 4 is 11.8 Å². The molecule has 0 aromatic carbocycles. The highest BCUT2D eigenvalue weighted by atomic mass is 16.2. The van der Waals surface area contributed by atoms with E-state index >= 15 is 0 Å². The van der Waals surface area contributed by atoms with Gasteiger partial charge in [-0.15, -0.1) is 0 Å². The number of likely N-dealkylation sites (tertiary alicyclic amines) is 2. The summed E-state index contributed by atoms with van der Waals surface area (Å²) in [5.74, 6) is 0.508. The van der Waals surface area contributed by atoms with Gasteiger partial charge in [0.05, 0.1) is 12.0 Å². The minimum atomic E-state index is -0.290. The Morgan fingerprint density at radius 2 is 1.88 bits per heavy atom. The molecule has 25 heavy (non-hydrogen) atoms. The van der Waals surface area contributed by atoms with Crippen LogP contribution in [0.3, 0.4) is 0 Å². The maximum atomic E-state index is 13.0. The van der Waals surface area contributed by atoms with Gasteiger partial charge in [0.15, 0.2) is 0 Å². The molecule has 0 bridgehead atoms. The fraction of sp³-hybridized carbons (Fsp3) is 0.895. The molecule has 3 aliphatic heterocycles. The van der Waals surface area contributed by atoms with E-state index in [1.54, 1.807) is 0 Å². The first-order valence-electron chi connectivity index (χ1n) is 10.0. The molecule has 3 aliphatic rings. The third kappa shape index (κ3) is 4.17. The van der Waals surface area contributed by atoms with Crippen LogP contribution in [0.5, 0.6) is 0 Å². The molecule has 6 nitrogen and oxygen atoms in total. The van der Waals surface area contributed by atoms with Crippen molar-refractivity contribution < 1.29 is 9.59 Å². The fourth-order valence-corrected chi connectivity index (χ4v) is 4.65. The summed E-state index contributed by atoms with van der Waals surface area (Å²) in [4.78, 5) is 34.3. The van der Waals surface area contributed by atoms with E-state index in [0.29, 0.717) is 19.0 Å². The third-order valence-corrected chi connectivity index (χ3v) is 6.20. The van der Waals surface area contributed by atoms with Gasteiger partial charge in [-0.05, 0) is 52.2 Å². The first-order chi connectivity index (χ1) is 12.0. The maximum Gasteiger partial charge on any atom is 0.236 e. The van der Waals surface area contributed by atoms with Crippen LogP contribution in [0, 0.1) is 5.41 Å². The van der Waals surface area contributed by atoms with E-state index in [0.717, 1.165) is 77.9 Å². The number of likely N-dealkylation sites (N-methyl/N-ethyl adjacent to an activating group) is 1. The van der Waals surface area contributed by atoms with Gasteiger partial charge >= 0.3 is 0 Å². The van der Waals surface area contributed by atoms with Gasteiger partial charge < -0.3 is 14.7 Å². The Labute approximate surface area is 152 Å². The largest absolute Gasteiger partial charge is 0.342 e. The Hall–Kier alpha value is -1.14. The van der Waals surface area contributed by atoms with Gasteiger partial charge in [0.2, 0.25) is 11.8 Å². The van der Waals surface area contributed by atoms with Crippen LogP contribution in [-0.2, 0) is 9.59 Å². The molecule has 3 heterocycles. The Kier molecular flexibility index (Phi) is 6.00. The van der Waals surface area contributed by atoms with Crippen LogP contribution in [0.4, 0.5) is 0 Å². The number of carbonyl (C=O) groups excluding carboxylic acids is 2. The first kappa shape index (κ1) is 18.6. The average Bonchev–Trinajstić information content (AvgIpc) is 2.92. The summed E-state index contributed by atoms with van der Waals surface area (Å²) in [6.45, 7) is 9.87. The molecular weight excluding hydrogens is 316 g/mol. The van der Waals surface area contributed by atoms with Crippen molar-refractivity contribution in [2.75, 3.05) is 66.0 Å². The van der Waals surface area contributed by atoms with Crippen LogP contribution in [-0.4, -0.2) is 97.4 Å². The minimum Gasteiger partial charge on any atom is -0.342 e. The van der Waals surface area contributed by atoms with Gasteiger partial charge in [0.1, 0.15) is 0 Å². The Morgan fingerprint density at radius 1 is 1.04 bits per heavy atom. The fourth-order valence-electron chi connectivity index (χ4n) is 4.65.